The highest BCUT2D eigenvalue weighted by Crippen LogP contribution is 2.60. The Bertz CT molecular complexity index is 739. The Labute approximate surface area is 150 Å². The molecule has 25 heavy (non-hydrogen) atoms. The second kappa shape index (κ2) is 5.82. The van der Waals surface area contributed by atoms with Gasteiger partial charge in [-0.05, 0) is 62.7 Å². The topological polar surface area (TPSA) is 30.7 Å². The Balaban J connectivity index is 1.59. The molecule has 0 N–H and O–H groups in total. The Morgan fingerprint density at radius 3 is 2.24 bits per heavy atom. The van der Waals surface area contributed by atoms with Crippen molar-refractivity contribution in [3.05, 3.63) is 48.8 Å². The summed E-state index contributed by atoms with van der Waals surface area (Å²) in [6, 6.07) is 10.5. The predicted molar refractivity (Wildman–Crippen MR) is 100 cm³/mol. The summed E-state index contributed by atoms with van der Waals surface area (Å²) in [5, 5.41) is 9.49. The lowest BCUT2D eigenvalue weighted by atomic mass is 9.49. The van der Waals surface area contributed by atoms with Gasteiger partial charge in [0.05, 0.1) is 0 Å². The monoisotopic (exact) mass is 333 g/mol. The zero-order valence-corrected chi connectivity index (χ0v) is 14.9. The normalized spacial score (nSPS) is 32.9. The molecule has 0 amide bonds. The lowest BCUT2D eigenvalue weighted by molar-refractivity contribution is -0.0111. The van der Waals surface area contributed by atoms with Crippen LogP contribution in [0.1, 0.15) is 50.8 Å². The molecular formula is C22H27N3. The lowest BCUT2D eigenvalue weighted by Crippen LogP contribution is -2.49. The molecule has 0 spiro atoms. The SMILES string of the molecule is C=CCCn1c(-c2ccccc2)nnc1C12CC3CC(CC(C3)C1)C2. The molecule has 1 aromatic carbocycles. The van der Waals surface area contributed by atoms with Gasteiger partial charge in [-0.2, -0.15) is 0 Å². The first-order valence-corrected chi connectivity index (χ1v) is 9.87. The van der Waals surface area contributed by atoms with Crippen molar-refractivity contribution in [3.8, 4) is 11.4 Å². The molecule has 130 valence electrons. The van der Waals surface area contributed by atoms with Crippen LogP contribution >= 0.6 is 0 Å². The van der Waals surface area contributed by atoms with Crippen LogP contribution in [0.4, 0.5) is 0 Å². The zero-order valence-electron chi connectivity index (χ0n) is 14.9. The first-order valence-electron chi connectivity index (χ1n) is 9.87. The zero-order chi connectivity index (χ0) is 16.9. The van der Waals surface area contributed by atoms with E-state index in [0.717, 1.165) is 36.5 Å². The average molecular weight is 333 g/mol. The van der Waals surface area contributed by atoms with E-state index in [9.17, 15) is 0 Å². The largest absolute Gasteiger partial charge is 0.310 e. The second-order valence-corrected chi connectivity index (χ2v) is 8.64. The van der Waals surface area contributed by atoms with E-state index < -0.39 is 0 Å². The predicted octanol–water partition coefficient (Wildman–Crippen LogP) is 4.99. The Hall–Kier alpha value is -1.90. The first-order chi connectivity index (χ1) is 12.3. The number of hydrogen-bond donors (Lipinski definition) is 0. The van der Waals surface area contributed by atoms with Crippen LogP contribution < -0.4 is 0 Å². The van der Waals surface area contributed by atoms with Gasteiger partial charge in [0.25, 0.3) is 0 Å². The first kappa shape index (κ1) is 15.4. The van der Waals surface area contributed by atoms with E-state index in [2.05, 4.69) is 46.6 Å². The molecule has 3 heteroatoms. The van der Waals surface area contributed by atoms with E-state index in [0.29, 0.717) is 0 Å². The van der Waals surface area contributed by atoms with E-state index in [1.54, 1.807) is 0 Å². The minimum absolute atomic E-state index is 0.288. The molecular weight excluding hydrogens is 306 g/mol. The van der Waals surface area contributed by atoms with Crippen LogP contribution in [-0.2, 0) is 12.0 Å². The summed E-state index contributed by atoms with van der Waals surface area (Å²) in [5.74, 6) is 5.09. The van der Waals surface area contributed by atoms with E-state index >= 15 is 0 Å². The van der Waals surface area contributed by atoms with Crippen LogP contribution in [0.2, 0.25) is 0 Å². The third kappa shape index (κ3) is 2.47. The van der Waals surface area contributed by atoms with Crippen LogP contribution in [0.15, 0.2) is 43.0 Å². The van der Waals surface area contributed by atoms with Gasteiger partial charge in [-0.25, -0.2) is 0 Å². The summed E-state index contributed by atoms with van der Waals surface area (Å²) in [6.45, 7) is 4.87. The summed E-state index contributed by atoms with van der Waals surface area (Å²) in [6.07, 6.45) is 11.4. The Morgan fingerprint density at radius 2 is 1.64 bits per heavy atom. The minimum atomic E-state index is 0.288. The van der Waals surface area contributed by atoms with Gasteiger partial charge in [0.2, 0.25) is 0 Å². The number of nitrogens with zero attached hydrogens (tertiary/aromatic N) is 3. The summed E-state index contributed by atoms with van der Waals surface area (Å²) in [4.78, 5) is 0. The van der Waals surface area contributed by atoms with Gasteiger partial charge < -0.3 is 4.57 Å². The number of benzene rings is 1. The van der Waals surface area contributed by atoms with Crippen molar-refractivity contribution in [1.29, 1.82) is 0 Å². The number of aromatic nitrogens is 3. The van der Waals surface area contributed by atoms with Crippen molar-refractivity contribution in [2.45, 2.75) is 56.9 Å². The molecule has 4 aliphatic rings. The summed E-state index contributed by atoms with van der Waals surface area (Å²) >= 11 is 0. The Kier molecular flexibility index (Phi) is 3.58. The van der Waals surface area contributed by atoms with Gasteiger partial charge >= 0.3 is 0 Å². The molecule has 0 saturated heterocycles. The van der Waals surface area contributed by atoms with E-state index in [1.807, 2.05) is 6.08 Å². The number of allylic oxidation sites excluding steroid dienone is 1. The Morgan fingerprint density at radius 1 is 1.00 bits per heavy atom. The summed E-state index contributed by atoms with van der Waals surface area (Å²) in [7, 11) is 0. The molecule has 2 aromatic rings. The van der Waals surface area contributed by atoms with Crippen molar-refractivity contribution in [3.63, 3.8) is 0 Å². The number of rotatable bonds is 5. The third-order valence-electron chi connectivity index (χ3n) is 6.85. The maximum atomic E-state index is 4.81. The van der Waals surface area contributed by atoms with Gasteiger partial charge in [-0.15, -0.1) is 16.8 Å². The summed E-state index contributed by atoms with van der Waals surface area (Å²) in [5.41, 5.74) is 1.46. The average Bonchev–Trinajstić information content (AvgIpc) is 3.04. The fraction of sp³-hybridized carbons (Fsp3) is 0.545. The fourth-order valence-corrected chi connectivity index (χ4v) is 6.31. The smallest absolute Gasteiger partial charge is 0.163 e. The van der Waals surface area contributed by atoms with Gasteiger partial charge in [-0.1, -0.05) is 36.4 Å². The molecule has 0 atom stereocenters. The summed E-state index contributed by atoms with van der Waals surface area (Å²) < 4.78 is 2.42. The van der Waals surface area contributed by atoms with Gasteiger partial charge in [0.15, 0.2) is 5.82 Å². The van der Waals surface area contributed by atoms with Crippen molar-refractivity contribution in [1.82, 2.24) is 14.8 Å². The number of hydrogen-bond acceptors (Lipinski definition) is 2. The van der Waals surface area contributed by atoms with Crippen LogP contribution in [0, 0.1) is 17.8 Å². The third-order valence-corrected chi connectivity index (χ3v) is 6.85. The van der Waals surface area contributed by atoms with Gasteiger partial charge in [-0.3, -0.25) is 0 Å². The minimum Gasteiger partial charge on any atom is -0.310 e. The molecule has 1 aromatic heterocycles. The second-order valence-electron chi connectivity index (χ2n) is 8.64. The molecule has 6 rings (SSSR count). The van der Waals surface area contributed by atoms with Crippen molar-refractivity contribution in [2.75, 3.05) is 0 Å². The van der Waals surface area contributed by atoms with E-state index in [1.165, 1.54) is 49.9 Å². The van der Waals surface area contributed by atoms with E-state index in [4.69, 9.17) is 5.10 Å². The molecule has 0 radical (unpaired) electrons. The highest BCUT2D eigenvalue weighted by molar-refractivity contribution is 5.55. The van der Waals surface area contributed by atoms with Crippen LogP contribution in [0.5, 0.6) is 0 Å². The molecule has 0 unspecified atom stereocenters. The molecule has 4 fully saturated rings. The maximum Gasteiger partial charge on any atom is 0.163 e. The fourth-order valence-electron chi connectivity index (χ4n) is 6.31. The standard InChI is InChI=1S/C22H27N3/c1-2-3-9-25-20(19-7-5-4-6-8-19)23-24-21(25)22-13-16-10-17(14-22)12-18(11-16)15-22/h2,4-8,16-18H,1,3,9-15H2. The maximum absolute atomic E-state index is 4.81. The molecule has 4 bridgehead atoms. The molecule has 3 nitrogen and oxygen atoms in total. The van der Waals surface area contributed by atoms with Crippen LogP contribution in [0.3, 0.4) is 0 Å². The van der Waals surface area contributed by atoms with Crippen molar-refractivity contribution < 1.29 is 0 Å². The van der Waals surface area contributed by atoms with Gasteiger partial charge in [0.1, 0.15) is 5.82 Å². The van der Waals surface area contributed by atoms with E-state index in [-0.39, 0.29) is 5.41 Å². The molecule has 4 aliphatic carbocycles. The highest BCUT2D eigenvalue weighted by atomic mass is 15.3. The molecule has 0 aliphatic heterocycles. The van der Waals surface area contributed by atoms with Gasteiger partial charge in [0, 0.05) is 17.5 Å². The molecule has 1 heterocycles. The van der Waals surface area contributed by atoms with Crippen LogP contribution in [-0.4, -0.2) is 14.8 Å². The van der Waals surface area contributed by atoms with Crippen LogP contribution in [0.25, 0.3) is 11.4 Å². The van der Waals surface area contributed by atoms with Crippen molar-refractivity contribution >= 4 is 0 Å². The van der Waals surface area contributed by atoms with Crippen molar-refractivity contribution in [2.24, 2.45) is 17.8 Å². The lowest BCUT2D eigenvalue weighted by Gasteiger charge is -2.56. The molecule has 4 saturated carbocycles. The quantitative estimate of drug-likeness (QED) is 0.722. The highest BCUT2D eigenvalue weighted by Gasteiger charge is 2.53.